The Hall–Kier alpha value is -4.52. The summed E-state index contributed by atoms with van der Waals surface area (Å²) in [5.41, 5.74) is 5.31. The molecule has 0 spiro atoms. The molecule has 0 atom stereocenters. The van der Waals surface area contributed by atoms with Crippen LogP contribution >= 0.6 is 22.9 Å². The molecule has 0 aliphatic heterocycles. The van der Waals surface area contributed by atoms with Gasteiger partial charge in [-0.3, -0.25) is 0 Å². The maximum atomic E-state index is 6.41. The minimum absolute atomic E-state index is 0.222. The molecule has 0 amide bonds. The van der Waals surface area contributed by atoms with E-state index < -0.39 is 0 Å². The molecule has 7 aromatic rings. The van der Waals surface area contributed by atoms with Gasteiger partial charge in [-0.1, -0.05) is 97.1 Å². The van der Waals surface area contributed by atoms with Gasteiger partial charge in [0.2, 0.25) is 5.28 Å². The molecule has 0 radical (unpaired) electrons. The van der Waals surface area contributed by atoms with Crippen LogP contribution in [-0.4, -0.2) is 24.9 Å². The van der Waals surface area contributed by atoms with Crippen LogP contribution in [0.25, 0.3) is 65.7 Å². The second kappa shape index (κ2) is 9.41. The molecule has 0 N–H and O–H groups in total. The SMILES string of the molecule is Clc1nc(-c2cccc(-c3nc(-c4ccccc4)nc(-c4ccccc4)n3)c2)c2sc3ccccc3c2n1. The summed E-state index contributed by atoms with van der Waals surface area (Å²) in [7, 11) is 0. The van der Waals surface area contributed by atoms with Gasteiger partial charge < -0.3 is 0 Å². The van der Waals surface area contributed by atoms with Crippen LogP contribution in [-0.2, 0) is 0 Å². The third-order valence-electron chi connectivity index (χ3n) is 6.29. The number of benzene rings is 4. The van der Waals surface area contributed by atoms with E-state index in [9.17, 15) is 0 Å². The summed E-state index contributed by atoms with van der Waals surface area (Å²) in [6, 6.07) is 36.2. The summed E-state index contributed by atoms with van der Waals surface area (Å²) >= 11 is 8.08. The Morgan fingerprint density at radius 3 is 1.74 bits per heavy atom. The average Bonchev–Trinajstić information content (AvgIpc) is 3.36. The van der Waals surface area contributed by atoms with E-state index in [0.29, 0.717) is 17.5 Å². The molecule has 3 heterocycles. The van der Waals surface area contributed by atoms with Gasteiger partial charge in [-0.05, 0) is 23.7 Å². The molecule has 0 aliphatic rings. The lowest BCUT2D eigenvalue weighted by atomic mass is 10.1. The zero-order valence-electron chi connectivity index (χ0n) is 19.9. The maximum Gasteiger partial charge on any atom is 0.223 e. The molecule has 0 saturated carbocycles. The number of halogens is 1. The predicted octanol–water partition coefficient (Wildman–Crippen LogP) is 8.35. The van der Waals surface area contributed by atoms with Crippen molar-refractivity contribution in [1.82, 2.24) is 24.9 Å². The molecule has 3 aromatic heterocycles. The van der Waals surface area contributed by atoms with Crippen LogP contribution < -0.4 is 0 Å². The second-order valence-corrected chi connectivity index (χ2v) is 10.1. The first-order valence-electron chi connectivity index (χ1n) is 12.1. The molecule has 0 bridgehead atoms. The van der Waals surface area contributed by atoms with Crippen LogP contribution in [0.4, 0.5) is 0 Å². The molecule has 38 heavy (non-hydrogen) atoms. The Labute approximate surface area is 227 Å². The fraction of sp³-hybridized carbons (Fsp3) is 0. The van der Waals surface area contributed by atoms with Gasteiger partial charge in [0.25, 0.3) is 0 Å². The fourth-order valence-corrected chi connectivity index (χ4v) is 5.83. The van der Waals surface area contributed by atoms with E-state index in [0.717, 1.165) is 48.3 Å². The highest BCUT2D eigenvalue weighted by Crippen LogP contribution is 2.39. The first-order chi connectivity index (χ1) is 18.7. The summed E-state index contributed by atoms with van der Waals surface area (Å²) in [5, 5.41) is 1.30. The highest BCUT2D eigenvalue weighted by Gasteiger charge is 2.17. The first kappa shape index (κ1) is 22.7. The van der Waals surface area contributed by atoms with Crippen LogP contribution in [0, 0.1) is 0 Å². The van der Waals surface area contributed by atoms with Crippen molar-refractivity contribution in [3.63, 3.8) is 0 Å². The Bertz CT molecular complexity index is 1880. The third-order valence-corrected chi connectivity index (χ3v) is 7.62. The van der Waals surface area contributed by atoms with E-state index in [1.807, 2.05) is 91.0 Å². The highest BCUT2D eigenvalue weighted by atomic mass is 35.5. The summed E-state index contributed by atoms with van der Waals surface area (Å²) in [6.07, 6.45) is 0. The largest absolute Gasteiger partial charge is 0.223 e. The van der Waals surface area contributed by atoms with Gasteiger partial charge >= 0.3 is 0 Å². The van der Waals surface area contributed by atoms with E-state index >= 15 is 0 Å². The molecule has 7 rings (SSSR count). The number of nitrogens with zero attached hydrogens (tertiary/aromatic N) is 5. The fourth-order valence-electron chi connectivity index (χ4n) is 4.50. The molecule has 0 aliphatic carbocycles. The van der Waals surface area contributed by atoms with E-state index in [-0.39, 0.29) is 5.28 Å². The van der Waals surface area contributed by atoms with Crippen molar-refractivity contribution in [2.45, 2.75) is 0 Å². The van der Waals surface area contributed by atoms with Crippen molar-refractivity contribution >= 4 is 43.2 Å². The summed E-state index contributed by atoms with van der Waals surface area (Å²) in [5.74, 6) is 1.83. The van der Waals surface area contributed by atoms with Crippen molar-refractivity contribution in [2.75, 3.05) is 0 Å². The lowest BCUT2D eigenvalue weighted by Crippen LogP contribution is -2.00. The molecule has 0 fully saturated rings. The summed E-state index contributed by atoms with van der Waals surface area (Å²) < 4.78 is 2.15. The molecular formula is C31H18ClN5S. The van der Waals surface area contributed by atoms with Gasteiger partial charge in [0.05, 0.1) is 15.9 Å². The van der Waals surface area contributed by atoms with Gasteiger partial charge in [-0.2, -0.15) is 0 Å². The van der Waals surface area contributed by atoms with Gasteiger partial charge in [-0.15, -0.1) is 11.3 Å². The summed E-state index contributed by atoms with van der Waals surface area (Å²) in [4.78, 5) is 23.7. The standard InChI is InChI=1S/C31H18ClN5S/c32-31-33-25(27-26(34-31)23-16-7-8-17-24(23)38-27)21-14-9-15-22(18-21)30-36-28(19-10-3-1-4-11-19)35-29(37-30)20-12-5-2-6-13-20/h1-18H. The highest BCUT2D eigenvalue weighted by molar-refractivity contribution is 7.26. The van der Waals surface area contributed by atoms with Crippen molar-refractivity contribution in [3.8, 4) is 45.4 Å². The number of hydrogen-bond donors (Lipinski definition) is 0. The zero-order valence-corrected chi connectivity index (χ0v) is 21.5. The van der Waals surface area contributed by atoms with Crippen molar-refractivity contribution in [1.29, 1.82) is 0 Å². The van der Waals surface area contributed by atoms with E-state index in [2.05, 4.69) is 28.2 Å². The van der Waals surface area contributed by atoms with Crippen LogP contribution in [0.1, 0.15) is 0 Å². The number of fused-ring (bicyclic) bond motifs is 3. The number of hydrogen-bond acceptors (Lipinski definition) is 6. The molecule has 5 nitrogen and oxygen atoms in total. The molecule has 0 unspecified atom stereocenters. The minimum atomic E-state index is 0.222. The Balaban J connectivity index is 1.41. The topological polar surface area (TPSA) is 64.5 Å². The molecular weight excluding hydrogens is 510 g/mol. The zero-order chi connectivity index (χ0) is 25.5. The van der Waals surface area contributed by atoms with Gasteiger partial charge in [0, 0.05) is 32.3 Å². The molecule has 0 saturated heterocycles. The van der Waals surface area contributed by atoms with Gasteiger partial charge in [0.15, 0.2) is 17.5 Å². The number of aromatic nitrogens is 5. The Morgan fingerprint density at radius 2 is 1.05 bits per heavy atom. The van der Waals surface area contributed by atoms with E-state index in [1.165, 1.54) is 0 Å². The predicted molar refractivity (Wildman–Crippen MR) is 155 cm³/mol. The molecule has 7 heteroatoms. The Kier molecular flexibility index (Phi) is 5.61. The van der Waals surface area contributed by atoms with Crippen LogP contribution in [0.15, 0.2) is 109 Å². The average molecular weight is 528 g/mol. The number of rotatable bonds is 4. The molecule has 180 valence electrons. The lowest BCUT2D eigenvalue weighted by molar-refractivity contribution is 1.07. The monoisotopic (exact) mass is 527 g/mol. The first-order valence-corrected chi connectivity index (χ1v) is 13.2. The maximum absolute atomic E-state index is 6.41. The van der Waals surface area contributed by atoms with Crippen LogP contribution in [0.5, 0.6) is 0 Å². The van der Waals surface area contributed by atoms with Crippen molar-refractivity contribution in [2.24, 2.45) is 0 Å². The van der Waals surface area contributed by atoms with Crippen molar-refractivity contribution in [3.05, 3.63) is 114 Å². The smallest absolute Gasteiger partial charge is 0.216 e. The normalized spacial score (nSPS) is 11.3. The van der Waals surface area contributed by atoms with Gasteiger partial charge in [-0.25, -0.2) is 24.9 Å². The Morgan fingerprint density at radius 1 is 0.500 bits per heavy atom. The van der Waals surface area contributed by atoms with Gasteiger partial charge in [0.1, 0.15) is 0 Å². The van der Waals surface area contributed by atoms with E-state index in [1.54, 1.807) is 11.3 Å². The summed E-state index contributed by atoms with van der Waals surface area (Å²) in [6.45, 7) is 0. The quantitative estimate of drug-likeness (QED) is 0.215. The molecule has 4 aromatic carbocycles. The van der Waals surface area contributed by atoms with Crippen LogP contribution in [0.2, 0.25) is 5.28 Å². The second-order valence-electron chi connectivity index (χ2n) is 8.74. The number of thiophene rings is 1. The van der Waals surface area contributed by atoms with Crippen LogP contribution in [0.3, 0.4) is 0 Å². The third kappa shape index (κ3) is 4.10. The van der Waals surface area contributed by atoms with Crippen molar-refractivity contribution < 1.29 is 0 Å². The van der Waals surface area contributed by atoms with E-state index in [4.69, 9.17) is 26.6 Å². The lowest BCUT2D eigenvalue weighted by Gasteiger charge is -2.10. The minimum Gasteiger partial charge on any atom is -0.216 e.